The Hall–Kier alpha value is -2.11. The molecule has 1 N–H and O–H groups in total. The van der Waals surface area contributed by atoms with E-state index in [0.29, 0.717) is 27.5 Å². The number of nitrogens with zero attached hydrogens (tertiary/aromatic N) is 4. The van der Waals surface area contributed by atoms with Gasteiger partial charge in [-0.1, -0.05) is 23.2 Å². The molecule has 3 aromatic rings. The molecular formula is C16H15Cl2N5. The molecule has 118 valence electrons. The molecular weight excluding hydrogens is 333 g/mol. The van der Waals surface area contributed by atoms with Crippen molar-refractivity contribution in [2.75, 3.05) is 5.32 Å². The summed E-state index contributed by atoms with van der Waals surface area (Å²) in [6.45, 7) is 5.70. The summed E-state index contributed by atoms with van der Waals surface area (Å²) in [6, 6.07) is 7.29. The van der Waals surface area contributed by atoms with Gasteiger partial charge in [0, 0.05) is 17.3 Å². The number of hydrogen-bond donors (Lipinski definition) is 1. The van der Waals surface area contributed by atoms with E-state index >= 15 is 0 Å². The number of halogens is 2. The molecule has 0 unspecified atom stereocenters. The van der Waals surface area contributed by atoms with Crippen LogP contribution < -0.4 is 5.32 Å². The highest BCUT2D eigenvalue weighted by Crippen LogP contribution is 2.31. The van der Waals surface area contributed by atoms with Crippen LogP contribution in [0.1, 0.15) is 17.1 Å². The molecule has 0 amide bonds. The Morgan fingerprint density at radius 3 is 2.48 bits per heavy atom. The second-order valence-corrected chi connectivity index (χ2v) is 6.11. The summed E-state index contributed by atoms with van der Waals surface area (Å²) in [5.74, 6) is 1.98. The zero-order chi connectivity index (χ0) is 16.6. The molecule has 0 spiro atoms. The lowest BCUT2D eigenvalue weighted by Gasteiger charge is -2.13. The molecule has 1 aromatic carbocycles. The van der Waals surface area contributed by atoms with E-state index in [4.69, 9.17) is 23.2 Å². The predicted molar refractivity (Wildman–Crippen MR) is 93.1 cm³/mol. The molecule has 0 aliphatic rings. The number of aromatic nitrogens is 4. The molecule has 0 radical (unpaired) electrons. The van der Waals surface area contributed by atoms with Crippen LogP contribution in [0.4, 0.5) is 11.5 Å². The molecule has 3 rings (SSSR count). The van der Waals surface area contributed by atoms with Gasteiger partial charge in [0.15, 0.2) is 5.82 Å². The lowest BCUT2D eigenvalue weighted by Crippen LogP contribution is -2.05. The number of nitrogens with one attached hydrogen (secondary N) is 1. The molecule has 0 bridgehead atoms. The van der Waals surface area contributed by atoms with Crippen LogP contribution in [-0.2, 0) is 0 Å². The molecule has 0 aliphatic carbocycles. The Kier molecular flexibility index (Phi) is 4.24. The van der Waals surface area contributed by atoms with Crippen molar-refractivity contribution in [3.63, 3.8) is 0 Å². The van der Waals surface area contributed by atoms with Crippen molar-refractivity contribution in [1.29, 1.82) is 0 Å². The second-order valence-electron chi connectivity index (χ2n) is 5.26. The van der Waals surface area contributed by atoms with Crippen molar-refractivity contribution in [3.8, 4) is 5.82 Å². The van der Waals surface area contributed by atoms with E-state index in [0.717, 1.165) is 16.9 Å². The molecule has 0 fully saturated rings. The van der Waals surface area contributed by atoms with E-state index in [9.17, 15) is 0 Å². The Labute approximate surface area is 144 Å². The van der Waals surface area contributed by atoms with Gasteiger partial charge < -0.3 is 5.32 Å². The zero-order valence-electron chi connectivity index (χ0n) is 12.9. The molecule has 0 saturated carbocycles. The van der Waals surface area contributed by atoms with Crippen LogP contribution in [-0.4, -0.2) is 19.7 Å². The molecule has 7 heteroatoms. The topological polar surface area (TPSA) is 55.6 Å². The van der Waals surface area contributed by atoms with Crippen LogP contribution in [0, 0.1) is 20.8 Å². The maximum Gasteiger partial charge on any atom is 0.159 e. The molecule has 5 nitrogen and oxygen atoms in total. The van der Waals surface area contributed by atoms with Gasteiger partial charge in [-0.15, -0.1) is 0 Å². The molecule has 2 aromatic heterocycles. The van der Waals surface area contributed by atoms with Crippen LogP contribution in [0.2, 0.25) is 10.0 Å². The van der Waals surface area contributed by atoms with Gasteiger partial charge in [0.2, 0.25) is 0 Å². The quantitative estimate of drug-likeness (QED) is 0.749. The van der Waals surface area contributed by atoms with E-state index in [1.807, 2.05) is 45.2 Å². The van der Waals surface area contributed by atoms with Crippen molar-refractivity contribution in [1.82, 2.24) is 19.7 Å². The third-order valence-corrected chi connectivity index (χ3v) is 3.80. The van der Waals surface area contributed by atoms with Crippen molar-refractivity contribution in [3.05, 3.63) is 57.6 Å². The third-order valence-electron chi connectivity index (χ3n) is 3.29. The van der Waals surface area contributed by atoms with Crippen molar-refractivity contribution in [2.24, 2.45) is 0 Å². The molecule has 0 aliphatic heterocycles. The first-order valence-corrected chi connectivity index (χ1v) is 7.79. The van der Waals surface area contributed by atoms with E-state index in [1.54, 1.807) is 10.7 Å². The minimum atomic E-state index is 0.544. The summed E-state index contributed by atoms with van der Waals surface area (Å²) in [4.78, 5) is 8.82. The van der Waals surface area contributed by atoms with Crippen LogP contribution in [0.25, 0.3) is 5.82 Å². The summed E-state index contributed by atoms with van der Waals surface area (Å²) < 4.78 is 1.71. The Bertz CT molecular complexity index is 850. The monoisotopic (exact) mass is 347 g/mol. The van der Waals surface area contributed by atoms with Crippen LogP contribution >= 0.6 is 23.2 Å². The van der Waals surface area contributed by atoms with Gasteiger partial charge in [0.1, 0.15) is 11.6 Å². The lowest BCUT2D eigenvalue weighted by atomic mass is 10.2. The summed E-state index contributed by atoms with van der Waals surface area (Å²) in [6.07, 6.45) is 1.86. The summed E-state index contributed by atoms with van der Waals surface area (Å²) >= 11 is 12.3. The normalized spacial score (nSPS) is 10.8. The van der Waals surface area contributed by atoms with E-state index in [2.05, 4.69) is 20.4 Å². The average molecular weight is 348 g/mol. The van der Waals surface area contributed by atoms with Gasteiger partial charge >= 0.3 is 0 Å². The Balaban J connectivity index is 2.00. The van der Waals surface area contributed by atoms with E-state index in [1.165, 1.54) is 0 Å². The standard InChI is InChI=1S/C16H15Cl2N5/c1-9-6-12(17)7-13(18)16(9)21-14-8-15(20-11(3)19-14)23-5-4-10(2)22-23/h4-8H,1-3H3,(H,19,20,21). The van der Waals surface area contributed by atoms with Crippen molar-refractivity contribution in [2.45, 2.75) is 20.8 Å². The van der Waals surface area contributed by atoms with Gasteiger partial charge in [0.25, 0.3) is 0 Å². The first-order valence-electron chi connectivity index (χ1n) is 7.03. The van der Waals surface area contributed by atoms with Gasteiger partial charge in [-0.25, -0.2) is 14.6 Å². The fraction of sp³-hybridized carbons (Fsp3) is 0.188. The Morgan fingerprint density at radius 1 is 1.04 bits per heavy atom. The van der Waals surface area contributed by atoms with Gasteiger partial charge in [-0.2, -0.15) is 5.10 Å². The average Bonchev–Trinajstić information content (AvgIpc) is 2.89. The summed E-state index contributed by atoms with van der Waals surface area (Å²) in [5, 5.41) is 8.76. The van der Waals surface area contributed by atoms with Crippen molar-refractivity contribution >= 4 is 34.7 Å². The number of anilines is 2. The first-order chi connectivity index (χ1) is 10.9. The molecule has 0 atom stereocenters. The minimum absolute atomic E-state index is 0.544. The SMILES string of the molecule is Cc1ccn(-c2cc(Nc3c(C)cc(Cl)cc3Cl)nc(C)n2)n1. The maximum absolute atomic E-state index is 6.28. The van der Waals surface area contributed by atoms with Crippen LogP contribution in [0.3, 0.4) is 0 Å². The van der Waals surface area contributed by atoms with E-state index in [-0.39, 0.29) is 0 Å². The lowest BCUT2D eigenvalue weighted by molar-refractivity contribution is 0.817. The fourth-order valence-corrected chi connectivity index (χ4v) is 2.91. The number of benzene rings is 1. The van der Waals surface area contributed by atoms with Gasteiger partial charge in [-0.05, 0) is 44.5 Å². The highest BCUT2D eigenvalue weighted by Gasteiger charge is 2.10. The first kappa shape index (κ1) is 15.8. The molecule has 0 saturated heterocycles. The highest BCUT2D eigenvalue weighted by atomic mass is 35.5. The summed E-state index contributed by atoms with van der Waals surface area (Å²) in [7, 11) is 0. The van der Waals surface area contributed by atoms with Gasteiger partial charge in [0.05, 0.1) is 16.4 Å². The maximum atomic E-state index is 6.28. The highest BCUT2D eigenvalue weighted by molar-refractivity contribution is 6.36. The van der Waals surface area contributed by atoms with Gasteiger partial charge in [-0.3, -0.25) is 0 Å². The summed E-state index contributed by atoms with van der Waals surface area (Å²) in [5.41, 5.74) is 2.64. The smallest absolute Gasteiger partial charge is 0.159 e. The zero-order valence-corrected chi connectivity index (χ0v) is 14.4. The van der Waals surface area contributed by atoms with E-state index < -0.39 is 0 Å². The number of rotatable bonds is 3. The third kappa shape index (κ3) is 3.46. The Morgan fingerprint density at radius 2 is 1.83 bits per heavy atom. The van der Waals surface area contributed by atoms with Crippen LogP contribution in [0.15, 0.2) is 30.5 Å². The largest absolute Gasteiger partial charge is 0.339 e. The molecule has 2 heterocycles. The second kappa shape index (κ2) is 6.18. The predicted octanol–water partition coefficient (Wildman–Crippen LogP) is 4.64. The van der Waals surface area contributed by atoms with Crippen molar-refractivity contribution < 1.29 is 0 Å². The minimum Gasteiger partial charge on any atom is -0.339 e. The number of aryl methyl sites for hydroxylation is 3. The molecule has 23 heavy (non-hydrogen) atoms. The van der Waals surface area contributed by atoms with Crippen LogP contribution in [0.5, 0.6) is 0 Å². The fourth-order valence-electron chi connectivity index (χ4n) is 2.26. The number of hydrogen-bond acceptors (Lipinski definition) is 4.